The second kappa shape index (κ2) is 6.02. The van der Waals surface area contributed by atoms with Crippen molar-refractivity contribution in [2.75, 3.05) is 11.9 Å². The first-order valence-electron chi connectivity index (χ1n) is 8.75. The minimum absolute atomic E-state index is 0.103. The first-order valence-corrected chi connectivity index (χ1v) is 8.75. The molecule has 25 heavy (non-hydrogen) atoms. The Morgan fingerprint density at radius 2 is 1.92 bits per heavy atom. The van der Waals surface area contributed by atoms with Crippen LogP contribution in [-0.4, -0.2) is 39.1 Å². The number of nitrogens with one attached hydrogen (secondary N) is 1. The summed E-state index contributed by atoms with van der Waals surface area (Å²) in [5.74, 6) is 0.356. The second-order valence-electron chi connectivity index (χ2n) is 7.09. The van der Waals surface area contributed by atoms with Crippen molar-refractivity contribution in [2.45, 2.75) is 39.2 Å². The van der Waals surface area contributed by atoms with E-state index in [1.54, 1.807) is 4.68 Å². The molecule has 0 radical (unpaired) electrons. The summed E-state index contributed by atoms with van der Waals surface area (Å²) in [5, 5.41) is 7.45. The molecule has 2 heterocycles. The van der Waals surface area contributed by atoms with Gasteiger partial charge in [0.1, 0.15) is 5.82 Å². The predicted octanol–water partition coefficient (Wildman–Crippen LogP) is 2.44. The maximum atomic E-state index is 12.7. The molecule has 1 aromatic heterocycles. The van der Waals surface area contributed by atoms with Gasteiger partial charge < -0.3 is 10.2 Å². The molecule has 0 spiro atoms. The van der Waals surface area contributed by atoms with Crippen LogP contribution in [0.15, 0.2) is 30.3 Å². The number of carbonyl (C=O) groups is 2. The molecule has 6 heteroatoms. The highest BCUT2D eigenvalue weighted by atomic mass is 16.2. The van der Waals surface area contributed by atoms with E-state index in [1.807, 2.05) is 49.1 Å². The first kappa shape index (κ1) is 15.9. The fraction of sp³-hybridized carbons (Fsp3) is 0.421. The van der Waals surface area contributed by atoms with E-state index in [-0.39, 0.29) is 17.7 Å². The van der Waals surface area contributed by atoms with Crippen LogP contribution in [0.3, 0.4) is 0 Å². The summed E-state index contributed by atoms with van der Waals surface area (Å²) < 4.78 is 1.74. The zero-order chi connectivity index (χ0) is 17.6. The maximum absolute atomic E-state index is 12.7. The minimum Gasteiger partial charge on any atom is -0.339 e. The lowest BCUT2D eigenvalue weighted by molar-refractivity contribution is -0.128. The van der Waals surface area contributed by atoms with E-state index in [4.69, 9.17) is 0 Å². The second-order valence-corrected chi connectivity index (χ2v) is 7.09. The van der Waals surface area contributed by atoms with Crippen molar-refractivity contribution in [3.8, 4) is 5.69 Å². The van der Waals surface area contributed by atoms with Gasteiger partial charge in [-0.05, 0) is 38.8 Å². The number of anilines is 1. The molecule has 1 unspecified atom stereocenters. The third-order valence-electron chi connectivity index (χ3n) is 4.88. The summed E-state index contributed by atoms with van der Waals surface area (Å²) in [6.45, 7) is 4.46. The van der Waals surface area contributed by atoms with E-state index in [0.717, 1.165) is 24.2 Å². The molecular formula is C19H22N4O2. The Balaban J connectivity index is 1.52. The van der Waals surface area contributed by atoms with Crippen LogP contribution in [0, 0.1) is 19.8 Å². The highest BCUT2D eigenvalue weighted by Crippen LogP contribution is 2.33. The van der Waals surface area contributed by atoms with Gasteiger partial charge in [0.15, 0.2) is 0 Å². The van der Waals surface area contributed by atoms with Crippen LogP contribution in [0.4, 0.5) is 5.82 Å². The fourth-order valence-electron chi connectivity index (χ4n) is 3.35. The Kier molecular flexibility index (Phi) is 3.82. The van der Waals surface area contributed by atoms with Gasteiger partial charge in [-0.2, -0.15) is 5.10 Å². The average Bonchev–Trinajstić information content (AvgIpc) is 3.25. The van der Waals surface area contributed by atoms with Gasteiger partial charge >= 0.3 is 0 Å². The van der Waals surface area contributed by atoms with E-state index in [1.165, 1.54) is 5.56 Å². The number of aromatic nitrogens is 2. The van der Waals surface area contributed by atoms with E-state index in [0.29, 0.717) is 24.8 Å². The lowest BCUT2D eigenvalue weighted by Gasteiger charge is -2.15. The largest absolute Gasteiger partial charge is 0.339 e. The van der Waals surface area contributed by atoms with Crippen molar-refractivity contribution >= 4 is 17.6 Å². The molecule has 0 bridgehead atoms. The van der Waals surface area contributed by atoms with Crippen molar-refractivity contribution in [2.24, 2.45) is 5.92 Å². The summed E-state index contributed by atoms with van der Waals surface area (Å²) in [6.07, 6.45) is 2.44. The number of carbonyl (C=O) groups excluding carboxylic acids is 2. The summed E-state index contributed by atoms with van der Waals surface area (Å²) >= 11 is 0. The average molecular weight is 338 g/mol. The first-order chi connectivity index (χ1) is 12.0. The van der Waals surface area contributed by atoms with Crippen LogP contribution in [0.25, 0.3) is 5.69 Å². The molecule has 1 saturated heterocycles. The van der Waals surface area contributed by atoms with Crippen molar-refractivity contribution in [1.82, 2.24) is 14.7 Å². The van der Waals surface area contributed by atoms with Crippen LogP contribution >= 0.6 is 0 Å². The van der Waals surface area contributed by atoms with Crippen LogP contribution in [0.1, 0.15) is 30.5 Å². The molecule has 1 aromatic carbocycles. The quantitative estimate of drug-likeness (QED) is 0.931. The highest BCUT2D eigenvalue weighted by Gasteiger charge is 2.41. The molecular weight excluding hydrogens is 316 g/mol. The van der Waals surface area contributed by atoms with E-state index in [2.05, 4.69) is 10.4 Å². The van der Waals surface area contributed by atoms with E-state index < -0.39 is 0 Å². The molecule has 4 rings (SSSR count). The number of nitrogens with zero attached hydrogens (tertiary/aromatic N) is 3. The highest BCUT2D eigenvalue weighted by molar-refractivity contribution is 5.97. The Labute approximate surface area is 146 Å². The van der Waals surface area contributed by atoms with Crippen LogP contribution in [0.5, 0.6) is 0 Å². The Morgan fingerprint density at radius 1 is 1.20 bits per heavy atom. The van der Waals surface area contributed by atoms with Crippen molar-refractivity contribution in [3.05, 3.63) is 41.6 Å². The van der Waals surface area contributed by atoms with Crippen LogP contribution in [0.2, 0.25) is 0 Å². The Bertz CT molecular complexity index is 820. The zero-order valence-electron chi connectivity index (χ0n) is 14.5. The zero-order valence-corrected chi connectivity index (χ0v) is 14.5. The lowest BCUT2D eigenvalue weighted by Crippen LogP contribution is -2.30. The van der Waals surface area contributed by atoms with Gasteiger partial charge in [0.05, 0.1) is 17.3 Å². The van der Waals surface area contributed by atoms with Gasteiger partial charge in [-0.25, -0.2) is 4.68 Å². The van der Waals surface area contributed by atoms with Gasteiger partial charge in [-0.1, -0.05) is 17.7 Å². The summed E-state index contributed by atoms with van der Waals surface area (Å²) in [4.78, 5) is 26.6. The molecule has 2 aromatic rings. The predicted molar refractivity (Wildman–Crippen MR) is 94.5 cm³/mol. The molecule has 1 atom stereocenters. The molecule has 1 aliphatic heterocycles. The number of likely N-dealkylation sites (tertiary alicyclic amines) is 1. The number of benzene rings is 1. The topological polar surface area (TPSA) is 67.2 Å². The standard InChI is InChI=1S/C19H22N4O2/c1-12-3-5-16(6-4-12)23-17(9-13(2)21-23)20-19(25)14-10-18(24)22(11-14)15-7-8-15/h3-6,9,14-15H,7-8,10-11H2,1-2H3,(H,20,25). The lowest BCUT2D eigenvalue weighted by atomic mass is 10.1. The smallest absolute Gasteiger partial charge is 0.230 e. The third kappa shape index (κ3) is 3.16. The summed E-state index contributed by atoms with van der Waals surface area (Å²) in [5.41, 5.74) is 2.90. The third-order valence-corrected chi connectivity index (χ3v) is 4.88. The number of hydrogen-bond acceptors (Lipinski definition) is 3. The summed E-state index contributed by atoms with van der Waals surface area (Å²) in [7, 11) is 0. The molecule has 1 aliphatic carbocycles. The number of hydrogen-bond donors (Lipinski definition) is 1. The Morgan fingerprint density at radius 3 is 2.60 bits per heavy atom. The van der Waals surface area contributed by atoms with Gasteiger partial charge in [0.2, 0.25) is 11.8 Å². The van der Waals surface area contributed by atoms with Crippen LogP contribution in [-0.2, 0) is 9.59 Å². The van der Waals surface area contributed by atoms with Gasteiger partial charge in [-0.3, -0.25) is 9.59 Å². The summed E-state index contributed by atoms with van der Waals surface area (Å²) in [6, 6.07) is 10.2. The van der Waals surface area contributed by atoms with E-state index in [9.17, 15) is 9.59 Å². The molecule has 1 N–H and O–H groups in total. The van der Waals surface area contributed by atoms with Crippen molar-refractivity contribution in [1.29, 1.82) is 0 Å². The molecule has 2 fully saturated rings. The van der Waals surface area contributed by atoms with Gasteiger partial charge in [0, 0.05) is 25.1 Å². The maximum Gasteiger partial charge on any atom is 0.230 e. The van der Waals surface area contributed by atoms with Crippen molar-refractivity contribution in [3.63, 3.8) is 0 Å². The fourth-order valence-corrected chi connectivity index (χ4v) is 3.35. The minimum atomic E-state index is -0.283. The number of rotatable bonds is 4. The molecule has 130 valence electrons. The van der Waals surface area contributed by atoms with E-state index >= 15 is 0 Å². The number of aryl methyl sites for hydroxylation is 2. The molecule has 1 saturated carbocycles. The van der Waals surface area contributed by atoms with Crippen molar-refractivity contribution < 1.29 is 9.59 Å². The SMILES string of the molecule is Cc1ccc(-n2nc(C)cc2NC(=O)C2CC(=O)N(C3CC3)C2)cc1. The number of amides is 2. The van der Waals surface area contributed by atoms with Gasteiger partial charge in [0.25, 0.3) is 0 Å². The monoisotopic (exact) mass is 338 g/mol. The molecule has 6 nitrogen and oxygen atoms in total. The Hall–Kier alpha value is -2.63. The van der Waals surface area contributed by atoms with Gasteiger partial charge in [-0.15, -0.1) is 0 Å². The molecule has 2 aliphatic rings. The normalized spacial score (nSPS) is 20.2. The van der Waals surface area contributed by atoms with Crippen LogP contribution < -0.4 is 5.32 Å². The molecule has 2 amide bonds.